The summed E-state index contributed by atoms with van der Waals surface area (Å²) < 4.78 is 5.17. The summed E-state index contributed by atoms with van der Waals surface area (Å²) in [5.74, 6) is 0.603. The first-order valence-corrected chi connectivity index (χ1v) is 5.52. The van der Waals surface area contributed by atoms with Gasteiger partial charge in [0.25, 0.3) is 0 Å². The minimum atomic E-state index is -0.547. The Bertz CT molecular complexity index is 388. The summed E-state index contributed by atoms with van der Waals surface area (Å²) in [6.45, 7) is -0.0656. The Hall–Kier alpha value is -1.35. The van der Waals surface area contributed by atoms with Crippen molar-refractivity contribution in [2.24, 2.45) is 5.41 Å². The van der Waals surface area contributed by atoms with Gasteiger partial charge in [-0.2, -0.15) is 0 Å². The van der Waals surface area contributed by atoms with Crippen LogP contribution >= 0.6 is 0 Å². The molecule has 1 N–H and O–H groups in total. The fourth-order valence-electron chi connectivity index (χ4n) is 2.18. The molecule has 0 radical (unpaired) electrons. The first kappa shape index (κ1) is 11.1. The number of benzene rings is 1. The summed E-state index contributed by atoms with van der Waals surface area (Å²) >= 11 is 0. The highest BCUT2D eigenvalue weighted by Crippen LogP contribution is 2.44. The zero-order valence-corrected chi connectivity index (χ0v) is 9.40. The molecule has 1 aliphatic rings. The number of para-hydroxylation sites is 1. The van der Waals surface area contributed by atoms with E-state index < -0.39 is 5.41 Å². The first-order valence-electron chi connectivity index (χ1n) is 5.52. The van der Waals surface area contributed by atoms with E-state index in [9.17, 15) is 9.90 Å². The minimum absolute atomic E-state index is 0.0127. The molecular formula is C13H16O3. The fraction of sp³-hybridized carbons (Fsp3) is 0.462. The van der Waals surface area contributed by atoms with Gasteiger partial charge >= 0.3 is 0 Å². The third kappa shape index (κ3) is 1.61. The minimum Gasteiger partial charge on any atom is -0.496 e. The number of aliphatic hydroxyl groups excluding tert-OH is 1. The van der Waals surface area contributed by atoms with Gasteiger partial charge in [-0.25, -0.2) is 0 Å². The molecule has 1 saturated carbocycles. The van der Waals surface area contributed by atoms with Gasteiger partial charge in [0, 0.05) is 0 Å². The summed E-state index contributed by atoms with van der Waals surface area (Å²) in [4.78, 5) is 12.3. The molecule has 0 bridgehead atoms. The Kier molecular flexibility index (Phi) is 2.97. The van der Waals surface area contributed by atoms with Gasteiger partial charge < -0.3 is 9.84 Å². The number of hydrogen-bond acceptors (Lipinski definition) is 3. The molecule has 3 nitrogen and oxygen atoms in total. The third-order valence-corrected chi connectivity index (χ3v) is 3.45. The predicted molar refractivity (Wildman–Crippen MR) is 60.7 cm³/mol. The van der Waals surface area contributed by atoms with Crippen molar-refractivity contribution in [1.82, 2.24) is 0 Å². The molecule has 3 heteroatoms. The second-order valence-corrected chi connectivity index (χ2v) is 4.32. The lowest BCUT2D eigenvalue weighted by Crippen LogP contribution is -2.41. The lowest BCUT2D eigenvalue weighted by molar-refractivity contribution is 0.0345. The third-order valence-electron chi connectivity index (χ3n) is 3.45. The smallest absolute Gasteiger partial charge is 0.175 e. The van der Waals surface area contributed by atoms with Gasteiger partial charge in [0.15, 0.2) is 5.78 Å². The van der Waals surface area contributed by atoms with Gasteiger partial charge in [-0.1, -0.05) is 18.6 Å². The Labute approximate surface area is 95.0 Å². The number of ketones is 1. The van der Waals surface area contributed by atoms with E-state index in [1.807, 2.05) is 12.1 Å². The Balaban J connectivity index is 2.33. The van der Waals surface area contributed by atoms with Gasteiger partial charge in [-0.3, -0.25) is 4.79 Å². The first-order chi connectivity index (χ1) is 7.73. The van der Waals surface area contributed by atoms with Gasteiger partial charge in [0.1, 0.15) is 5.75 Å². The van der Waals surface area contributed by atoms with Gasteiger partial charge in [0.05, 0.1) is 24.7 Å². The fourth-order valence-corrected chi connectivity index (χ4v) is 2.18. The molecule has 0 heterocycles. The second kappa shape index (κ2) is 4.26. The van der Waals surface area contributed by atoms with Crippen molar-refractivity contribution >= 4 is 5.78 Å². The number of rotatable bonds is 4. The normalized spacial score (nSPS) is 17.6. The van der Waals surface area contributed by atoms with Crippen LogP contribution in [0.3, 0.4) is 0 Å². The number of ether oxygens (including phenoxy) is 1. The van der Waals surface area contributed by atoms with Crippen LogP contribution in [0.25, 0.3) is 0 Å². The van der Waals surface area contributed by atoms with Crippen molar-refractivity contribution in [3.8, 4) is 5.75 Å². The van der Waals surface area contributed by atoms with Crippen molar-refractivity contribution in [2.45, 2.75) is 19.3 Å². The molecule has 1 fully saturated rings. The zero-order chi connectivity index (χ0) is 11.6. The van der Waals surface area contributed by atoms with Crippen molar-refractivity contribution in [3.63, 3.8) is 0 Å². The average molecular weight is 220 g/mol. The highest BCUT2D eigenvalue weighted by molar-refractivity contribution is 6.03. The van der Waals surface area contributed by atoms with Crippen LogP contribution in [-0.4, -0.2) is 24.6 Å². The van der Waals surface area contributed by atoms with E-state index in [1.165, 1.54) is 0 Å². The topological polar surface area (TPSA) is 46.5 Å². The second-order valence-electron chi connectivity index (χ2n) is 4.32. The molecule has 0 aromatic heterocycles. The van der Waals surface area contributed by atoms with E-state index in [0.29, 0.717) is 11.3 Å². The lowest BCUT2D eigenvalue weighted by Gasteiger charge is -2.38. The standard InChI is InChI=1S/C13H16O3/c1-16-11-6-3-2-5-10(11)12(15)13(9-14)7-4-8-13/h2-3,5-6,14H,4,7-9H2,1H3. The largest absolute Gasteiger partial charge is 0.496 e. The van der Waals surface area contributed by atoms with Crippen LogP contribution in [0.1, 0.15) is 29.6 Å². The van der Waals surface area contributed by atoms with Crippen LogP contribution in [0.2, 0.25) is 0 Å². The van der Waals surface area contributed by atoms with Crippen LogP contribution in [0, 0.1) is 5.41 Å². The molecule has 86 valence electrons. The Morgan fingerprint density at radius 2 is 2.12 bits per heavy atom. The summed E-state index contributed by atoms with van der Waals surface area (Å²) in [5, 5.41) is 9.37. The van der Waals surface area contributed by atoms with Crippen LogP contribution in [0.4, 0.5) is 0 Å². The molecule has 2 rings (SSSR count). The van der Waals surface area contributed by atoms with E-state index >= 15 is 0 Å². The molecular weight excluding hydrogens is 204 g/mol. The Morgan fingerprint density at radius 3 is 2.62 bits per heavy atom. The molecule has 0 aliphatic heterocycles. The lowest BCUT2D eigenvalue weighted by atomic mass is 9.65. The molecule has 0 saturated heterocycles. The molecule has 1 aromatic carbocycles. The van der Waals surface area contributed by atoms with Crippen LogP contribution in [0.5, 0.6) is 5.75 Å². The number of Topliss-reactive ketones (excluding diaryl/α,β-unsaturated/α-hetero) is 1. The zero-order valence-electron chi connectivity index (χ0n) is 9.40. The molecule has 0 amide bonds. The van der Waals surface area contributed by atoms with Crippen molar-refractivity contribution < 1.29 is 14.6 Å². The number of methoxy groups -OCH3 is 1. The number of aliphatic hydroxyl groups is 1. The average Bonchev–Trinajstić information content (AvgIpc) is 2.28. The summed E-state index contributed by atoms with van der Waals surface area (Å²) in [5.41, 5.74) is 0.0352. The van der Waals surface area contributed by atoms with Gasteiger partial charge in [-0.15, -0.1) is 0 Å². The van der Waals surface area contributed by atoms with Crippen LogP contribution in [-0.2, 0) is 0 Å². The molecule has 0 unspecified atom stereocenters. The number of carbonyl (C=O) groups excluding carboxylic acids is 1. The van der Waals surface area contributed by atoms with Crippen LogP contribution in [0.15, 0.2) is 24.3 Å². The Morgan fingerprint density at radius 1 is 1.44 bits per heavy atom. The van der Waals surface area contributed by atoms with E-state index in [4.69, 9.17) is 4.74 Å². The summed E-state index contributed by atoms with van der Waals surface area (Å²) in [6.07, 6.45) is 2.57. The van der Waals surface area contributed by atoms with Crippen molar-refractivity contribution in [1.29, 1.82) is 0 Å². The number of hydrogen-bond donors (Lipinski definition) is 1. The maximum absolute atomic E-state index is 12.3. The van der Waals surface area contributed by atoms with E-state index in [-0.39, 0.29) is 12.4 Å². The molecule has 0 atom stereocenters. The van der Waals surface area contributed by atoms with Gasteiger partial charge in [-0.05, 0) is 25.0 Å². The highest BCUT2D eigenvalue weighted by Gasteiger charge is 2.44. The van der Waals surface area contributed by atoms with Gasteiger partial charge in [0.2, 0.25) is 0 Å². The highest BCUT2D eigenvalue weighted by atomic mass is 16.5. The maximum atomic E-state index is 12.3. The van der Waals surface area contributed by atoms with E-state index in [1.54, 1.807) is 19.2 Å². The molecule has 1 aromatic rings. The maximum Gasteiger partial charge on any atom is 0.175 e. The monoisotopic (exact) mass is 220 g/mol. The molecule has 16 heavy (non-hydrogen) atoms. The van der Waals surface area contributed by atoms with Crippen molar-refractivity contribution in [2.75, 3.05) is 13.7 Å². The summed E-state index contributed by atoms with van der Waals surface area (Å²) in [6, 6.07) is 7.19. The van der Waals surface area contributed by atoms with E-state index in [2.05, 4.69) is 0 Å². The SMILES string of the molecule is COc1ccccc1C(=O)C1(CO)CCC1. The molecule has 0 spiro atoms. The quantitative estimate of drug-likeness (QED) is 0.790. The van der Waals surface area contributed by atoms with E-state index in [0.717, 1.165) is 19.3 Å². The van der Waals surface area contributed by atoms with Crippen molar-refractivity contribution in [3.05, 3.63) is 29.8 Å². The number of carbonyl (C=O) groups is 1. The summed E-state index contributed by atoms with van der Waals surface area (Å²) in [7, 11) is 1.55. The van der Waals surface area contributed by atoms with Crippen LogP contribution < -0.4 is 4.74 Å². The predicted octanol–water partition coefficient (Wildman–Crippen LogP) is 2.04. The molecule has 1 aliphatic carbocycles.